The Bertz CT molecular complexity index is 1650. The van der Waals surface area contributed by atoms with E-state index >= 15 is 0 Å². The predicted octanol–water partition coefficient (Wildman–Crippen LogP) is 7.59. The third-order valence-electron chi connectivity index (χ3n) is 7.17. The van der Waals surface area contributed by atoms with Gasteiger partial charge >= 0.3 is 5.97 Å². The van der Waals surface area contributed by atoms with Crippen LogP contribution in [-0.4, -0.2) is 31.4 Å². The molecule has 3 aromatic carbocycles. The lowest BCUT2D eigenvalue weighted by Gasteiger charge is -2.13. The van der Waals surface area contributed by atoms with E-state index in [1.165, 1.54) is 29.0 Å². The number of Topliss-reactive ketones (excluding diaryl/α,β-unsaturated/α-hetero) is 1. The molecule has 204 valence electrons. The fourth-order valence-corrected chi connectivity index (χ4v) is 5.55. The highest BCUT2D eigenvalue weighted by Gasteiger charge is 2.18. The lowest BCUT2D eigenvalue weighted by Crippen LogP contribution is -2.04. The van der Waals surface area contributed by atoms with E-state index in [-0.39, 0.29) is 18.0 Å². The summed E-state index contributed by atoms with van der Waals surface area (Å²) in [5, 5.41) is 11.9. The largest absolute Gasteiger partial charge is 0.486 e. The Labute approximate surface area is 237 Å². The van der Waals surface area contributed by atoms with Crippen LogP contribution in [0.2, 0.25) is 0 Å². The van der Waals surface area contributed by atoms with Gasteiger partial charge in [-0.1, -0.05) is 44.2 Å². The summed E-state index contributed by atoms with van der Waals surface area (Å²) in [4.78, 5) is 32.7. The topological polar surface area (TPSA) is 94.3 Å². The number of aromatic nitrogens is 3. The highest BCUT2D eigenvalue weighted by atomic mass is 32.1. The van der Waals surface area contributed by atoms with Gasteiger partial charge in [0.05, 0.1) is 16.6 Å². The highest BCUT2D eigenvalue weighted by molar-refractivity contribution is 7.09. The Balaban J connectivity index is 1.46. The number of carbonyl (C=O) groups is 2. The second-order valence-electron chi connectivity index (χ2n) is 9.78. The van der Waals surface area contributed by atoms with E-state index in [2.05, 4.69) is 36.6 Å². The van der Waals surface area contributed by atoms with E-state index in [1.807, 2.05) is 29.6 Å². The van der Waals surface area contributed by atoms with Gasteiger partial charge in [-0.05, 0) is 73.2 Å². The van der Waals surface area contributed by atoms with Crippen molar-refractivity contribution in [2.45, 2.75) is 52.7 Å². The highest BCUT2D eigenvalue weighted by Crippen LogP contribution is 2.31. The zero-order chi connectivity index (χ0) is 28.2. The second-order valence-corrected chi connectivity index (χ2v) is 10.7. The number of ether oxygens (including phenoxy) is 1. The van der Waals surface area contributed by atoms with Crippen molar-refractivity contribution in [2.24, 2.45) is 0 Å². The summed E-state index contributed by atoms with van der Waals surface area (Å²) < 4.78 is 8.04. The smallest absolute Gasteiger partial charge is 0.335 e. The monoisotopic (exact) mass is 553 g/mol. The molecule has 0 aliphatic heterocycles. The van der Waals surface area contributed by atoms with Crippen molar-refractivity contribution in [3.05, 3.63) is 99.4 Å². The van der Waals surface area contributed by atoms with Crippen LogP contribution in [-0.2, 0) is 13.2 Å². The molecule has 2 aromatic heterocycles. The average molecular weight is 554 g/mol. The SMILES string of the molecule is CCC(CC)c1ccc2c(c1)nc(-c1csc(COc3ccc(C(=O)O)cc3)n1)n2Cc1ccc(C(C)=O)cc1. The van der Waals surface area contributed by atoms with Crippen molar-refractivity contribution in [1.82, 2.24) is 14.5 Å². The molecule has 5 aromatic rings. The number of hydrogen-bond donors (Lipinski definition) is 1. The molecule has 2 heterocycles. The van der Waals surface area contributed by atoms with Gasteiger partial charge in [0.1, 0.15) is 23.1 Å². The number of nitrogens with zero attached hydrogens (tertiary/aromatic N) is 3. The minimum Gasteiger partial charge on any atom is -0.486 e. The summed E-state index contributed by atoms with van der Waals surface area (Å²) in [6, 6.07) is 20.6. The molecule has 0 aliphatic rings. The fraction of sp³-hybridized carbons (Fsp3) is 0.250. The molecule has 0 radical (unpaired) electrons. The Morgan fingerprint density at radius 2 is 1.65 bits per heavy atom. The van der Waals surface area contributed by atoms with Crippen LogP contribution in [0.25, 0.3) is 22.6 Å². The maximum absolute atomic E-state index is 11.8. The van der Waals surface area contributed by atoms with Crippen LogP contribution in [0.4, 0.5) is 0 Å². The molecule has 5 rings (SSSR count). The van der Waals surface area contributed by atoms with E-state index in [4.69, 9.17) is 19.8 Å². The number of ketones is 1. The summed E-state index contributed by atoms with van der Waals surface area (Å²) in [5.41, 5.74) is 6.00. The number of carboxylic acids is 1. The maximum Gasteiger partial charge on any atom is 0.335 e. The second kappa shape index (κ2) is 11.8. The van der Waals surface area contributed by atoms with Gasteiger partial charge in [0, 0.05) is 17.5 Å². The molecule has 40 heavy (non-hydrogen) atoms. The molecule has 8 heteroatoms. The van der Waals surface area contributed by atoms with Crippen LogP contribution >= 0.6 is 11.3 Å². The van der Waals surface area contributed by atoms with E-state index in [0.29, 0.717) is 23.8 Å². The average Bonchev–Trinajstić information content (AvgIpc) is 3.57. The van der Waals surface area contributed by atoms with Crippen molar-refractivity contribution in [3.63, 3.8) is 0 Å². The first kappa shape index (κ1) is 27.3. The van der Waals surface area contributed by atoms with Crippen LogP contribution in [0.3, 0.4) is 0 Å². The van der Waals surface area contributed by atoms with Gasteiger partial charge in [-0.25, -0.2) is 14.8 Å². The first-order valence-electron chi connectivity index (χ1n) is 13.4. The Hall–Kier alpha value is -4.30. The number of carboxylic acid groups (broad SMARTS) is 1. The molecule has 0 bridgehead atoms. The Kier molecular flexibility index (Phi) is 8.07. The normalized spacial score (nSPS) is 11.3. The van der Waals surface area contributed by atoms with Crippen LogP contribution in [0.15, 0.2) is 72.1 Å². The third kappa shape index (κ3) is 5.82. The summed E-state index contributed by atoms with van der Waals surface area (Å²) >= 11 is 1.50. The number of thiazole rings is 1. The lowest BCUT2D eigenvalue weighted by atomic mass is 9.94. The van der Waals surface area contributed by atoms with Gasteiger partial charge in [-0.15, -0.1) is 11.3 Å². The fourth-order valence-electron chi connectivity index (χ4n) is 4.86. The third-order valence-corrected chi connectivity index (χ3v) is 8.00. The number of imidazole rings is 1. The predicted molar refractivity (Wildman–Crippen MR) is 157 cm³/mol. The molecule has 7 nitrogen and oxygen atoms in total. The lowest BCUT2D eigenvalue weighted by molar-refractivity contribution is 0.0696. The molecule has 0 amide bonds. The van der Waals surface area contributed by atoms with E-state index in [1.54, 1.807) is 19.1 Å². The first-order chi connectivity index (χ1) is 19.4. The first-order valence-corrected chi connectivity index (χ1v) is 14.2. The molecule has 0 spiro atoms. The summed E-state index contributed by atoms with van der Waals surface area (Å²) in [6.45, 7) is 6.86. The van der Waals surface area contributed by atoms with Gasteiger partial charge in [0.25, 0.3) is 0 Å². The summed E-state index contributed by atoms with van der Waals surface area (Å²) in [5.74, 6) is 0.924. The molecule has 0 aliphatic carbocycles. The molecule has 0 atom stereocenters. The minimum atomic E-state index is -0.971. The maximum atomic E-state index is 11.8. The zero-order valence-corrected chi connectivity index (χ0v) is 23.6. The van der Waals surface area contributed by atoms with Gasteiger partial charge in [-0.2, -0.15) is 0 Å². The van der Waals surface area contributed by atoms with Crippen LogP contribution in [0, 0.1) is 0 Å². The van der Waals surface area contributed by atoms with Crippen molar-refractivity contribution >= 4 is 34.1 Å². The Morgan fingerprint density at radius 3 is 2.30 bits per heavy atom. The number of rotatable bonds is 11. The molecule has 0 saturated carbocycles. The van der Waals surface area contributed by atoms with Crippen LogP contribution in [0.1, 0.15) is 76.4 Å². The van der Waals surface area contributed by atoms with Crippen molar-refractivity contribution in [3.8, 4) is 17.3 Å². The molecular weight excluding hydrogens is 522 g/mol. The minimum absolute atomic E-state index is 0.0456. The van der Waals surface area contributed by atoms with Gasteiger partial charge in [0.15, 0.2) is 11.6 Å². The van der Waals surface area contributed by atoms with Crippen LogP contribution in [0.5, 0.6) is 5.75 Å². The molecule has 0 fully saturated rings. The molecule has 0 saturated heterocycles. The number of benzene rings is 3. The van der Waals surface area contributed by atoms with Gasteiger partial charge < -0.3 is 14.4 Å². The summed E-state index contributed by atoms with van der Waals surface area (Å²) in [7, 11) is 0. The number of aromatic carboxylic acids is 1. The van der Waals surface area contributed by atoms with Crippen molar-refractivity contribution in [1.29, 1.82) is 0 Å². The number of fused-ring (bicyclic) bond motifs is 1. The number of carbonyl (C=O) groups excluding carboxylic acids is 1. The number of hydrogen-bond acceptors (Lipinski definition) is 6. The Morgan fingerprint density at radius 1 is 0.950 bits per heavy atom. The van der Waals surface area contributed by atoms with E-state index in [9.17, 15) is 9.59 Å². The molecular formula is C32H31N3O4S. The van der Waals surface area contributed by atoms with E-state index < -0.39 is 5.97 Å². The summed E-state index contributed by atoms with van der Waals surface area (Å²) in [6.07, 6.45) is 2.15. The van der Waals surface area contributed by atoms with Crippen molar-refractivity contribution < 1.29 is 19.4 Å². The zero-order valence-electron chi connectivity index (χ0n) is 22.8. The quantitative estimate of drug-likeness (QED) is 0.169. The standard InChI is InChI=1S/C32H31N3O4S/c1-4-22(5-2)25-12-15-29-27(16-25)34-31(35(29)17-21-6-8-23(9-7-21)20(3)36)28-19-40-30(33-28)18-39-26-13-10-24(11-14-26)32(37)38/h6-16,19,22H,4-5,17-18H2,1-3H3,(H,37,38). The van der Waals surface area contributed by atoms with Crippen molar-refractivity contribution in [2.75, 3.05) is 0 Å². The van der Waals surface area contributed by atoms with Gasteiger partial charge in [0.2, 0.25) is 0 Å². The molecule has 1 N–H and O–H groups in total. The molecule has 0 unspecified atom stereocenters. The van der Waals surface area contributed by atoms with Crippen LogP contribution < -0.4 is 4.74 Å². The van der Waals surface area contributed by atoms with E-state index in [0.717, 1.165) is 46.0 Å². The van der Waals surface area contributed by atoms with Gasteiger partial charge in [-0.3, -0.25) is 4.79 Å².